The van der Waals surface area contributed by atoms with Crippen LogP contribution in [-0.2, 0) is 9.47 Å². The first-order valence-electron chi connectivity index (χ1n) is 9.19. The molecule has 0 radical (unpaired) electrons. The lowest BCUT2D eigenvalue weighted by atomic mass is 9.73. The van der Waals surface area contributed by atoms with E-state index in [2.05, 4.69) is 0 Å². The SMILES string of the molecule is CCOC[C@]12CCCO[C@@H]1CCN(C(=O)c1cc3ccccc3o1)C2. The molecule has 1 aromatic carbocycles. The summed E-state index contributed by atoms with van der Waals surface area (Å²) in [7, 11) is 0. The van der Waals surface area contributed by atoms with Gasteiger partial charge in [0.05, 0.1) is 12.7 Å². The Balaban J connectivity index is 1.56. The number of amides is 1. The minimum Gasteiger partial charge on any atom is -0.451 e. The summed E-state index contributed by atoms with van der Waals surface area (Å²) in [6.07, 6.45) is 3.11. The van der Waals surface area contributed by atoms with Crippen LogP contribution in [0.15, 0.2) is 34.7 Å². The molecule has 134 valence electrons. The molecular weight excluding hydrogens is 318 g/mol. The number of piperidine rings is 1. The lowest BCUT2D eigenvalue weighted by Crippen LogP contribution is -2.58. The van der Waals surface area contributed by atoms with Crippen molar-refractivity contribution in [2.24, 2.45) is 5.41 Å². The highest BCUT2D eigenvalue weighted by atomic mass is 16.5. The average molecular weight is 343 g/mol. The van der Waals surface area contributed by atoms with Gasteiger partial charge in [0.1, 0.15) is 5.58 Å². The number of para-hydroxylation sites is 1. The Morgan fingerprint density at radius 1 is 1.40 bits per heavy atom. The maximum atomic E-state index is 13.0. The molecule has 2 atom stereocenters. The number of hydrogen-bond acceptors (Lipinski definition) is 4. The van der Waals surface area contributed by atoms with Gasteiger partial charge < -0.3 is 18.8 Å². The van der Waals surface area contributed by atoms with E-state index in [1.165, 1.54) is 0 Å². The minimum atomic E-state index is -0.0891. The fourth-order valence-electron chi connectivity index (χ4n) is 4.22. The second-order valence-electron chi connectivity index (χ2n) is 7.13. The first-order valence-corrected chi connectivity index (χ1v) is 9.19. The summed E-state index contributed by atoms with van der Waals surface area (Å²) in [4.78, 5) is 14.9. The van der Waals surface area contributed by atoms with Crippen molar-refractivity contribution in [3.8, 4) is 0 Å². The summed E-state index contributed by atoms with van der Waals surface area (Å²) < 4.78 is 17.6. The van der Waals surface area contributed by atoms with Gasteiger partial charge in [-0.15, -0.1) is 0 Å². The van der Waals surface area contributed by atoms with Crippen molar-refractivity contribution in [1.82, 2.24) is 4.90 Å². The third kappa shape index (κ3) is 3.07. The van der Waals surface area contributed by atoms with Gasteiger partial charge in [-0.25, -0.2) is 0 Å². The zero-order chi connectivity index (χ0) is 17.3. The molecule has 1 amide bonds. The fraction of sp³-hybridized carbons (Fsp3) is 0.550. The highest BCUT2D eigenvalue weighted by Crippen LogP contribution is 2.41. The highest BCUT2D eigenvalue weighted by molar-refractivity contribution is 5.96. The van der Waals surface area contributed by atoms with Crippen molar-refractivity contribution < 1.29 is 18.7 Å². The lowest BCUT2D eigenvalue weighted by molar-refractivity contribution is -0.146. The van der Waals surface area contributed by atoms with E-state index < -0.39 is 0 Å². The van der Waals surface area contributed by atoms with Crippen LogP contribution in [0.2, 0.25) is 0 Å². The molecule has 1 aromatic heterocycles. The molecule has 2 fully saturated rings. The quantitative estimate of drug-likeness (QED) is 0.853. The van der Waals surface area contributed by atoms with E-state index in [0.717, 1.165) is 36.8 Å². The molecule has 5 nitrogen and oxygen atoms in total. The molecule has 0 unspecified atom stereocenters. The normalized spacial score (nSPS) is 26.6. The number of benzene rings is 1. The van der Waals surface area contributed by atoms with E-state index in [4.69, 9.17) is 13.9 Å². The summed E-state index contributed by atoms with van der Waals surface area (Å²) in [5.74, 6) is 0.388. The van der Waals surface area contributed by atoms with Gasteiger partial charge in [-0.05, 0) is 38.3 Å². The van der Waals surface area contributed by atoms with Gasteiger partial charge >= 0.3 is 0 Å². The van der Waals surface area contributed by atoms with Gasteiger partial charge in [-0.3, -0.25) is 4.79 Å². The second kappa shape index (κ2) is 6.81. The molecule has 2 aromatic rings. The highest BCUT2D eigenvalue weighted by Gasteiger charge is 2.47. The maximum Gasteiger partial charge on any atom is 0.289 e. The fourth-order valence-corrected chi connectivity index (χ4v) is 4.22. The second-order valence-corrected chi connectivity index (χ2v) is 7.13. The number of carbonyl (C=O) groups excluding carboxylic acids is 1. The summed E-state index contributed by atoms with van der Waals surface area (Å²) in [6.45, 7) is 5.54. The monoisotopic (exact) mass is 343 g/mol. The largest absolute Gasteiger partial charge is 0.451 e. The van der Waals surface area contributed by atoms with Gasteiger partial charge in [-0.1, -0.05) is 18.2 Å². The maximum absolute atomic E-state index is 13.0. The number of rotatable bonds is 4. The molecule has 4 rings (SSSR count). The molecule has 0 spiro atoms. The molecule has 0 bridgehead atoms. The van der Waals surface area contributed by atoms with Gasteiger partial charge in [0.15, 0.2) is 5.76 Å². The van der Waals surface area contributed by atoms with Crippen LogP contribution in [0, 0.1) is 5.41 Å². The lowest BCUT2D eigenvalue weighted by Gasteiger charge is -2.50. The van der Waals surface area contributed by atoms with Gasteiger partial charge in [0.25, 0.3) is 5.91 Å². The third-order valence-electron chi connectivity index (χ3n) is 5.51. The molecule has 3 heterocycles. The van der Waals surface area contributed by atoms with Crippen molar-refractivity contribution in [2.45, 2.75) is 32.3 Å². The van der Waals surface area contributed by atoms with Crippen molar-refractivity contribution in [2.75, 3.05) is 32.9 Å². The zero-order valence-corrected chi connectivity index (χ0v) is 14.7. The predicted octanol–water partition coefficient (Wildman–Crippen LogP) is 3.48. The molecule has 2 aliphatic heterocycles. The summed E-state index contributed by atoms with van der Waals surface area (Å²) >= 11 is 0. The Morgan fingerprint density at radius 2 is 2.28 bits per heavy atom. The van der Waals surface area contributed by atoms with Crippen molar-refractivity contribution >= 4 is 16.9 Å². The van der Waals surface area contributed by atoms with E-state index in [-0.39, 0.29) is 17.4 Å². The molecule has 25 heavy (non-hydrogen) atoms. The number of ether oxygens (including phenoxy) is 2. The Hall–Kier alpha value is -1.85. The Labute approximate surface area is 147 Å². The predicted molar refractivity (Wildman–Crippen MR) is 94.6 cm³/mol. The van der Waals surface area contributed by atoms with Crippen LogP contribution < -0.4 is 0 Å². The molecule has 2 aliphatic rings. The van der Waals surface area contributed by atoms with Crippen molar-refractivity contribution in [3.05, 3.63) is 36.1 Å². The van der Waals surface area contributed by atoms with E-state index in [1.54, 1.807) is 0 Å². The van der Waals surface area contributed by atoms with Crippen LogP contribution in [0.5, 0.6) is 0 Å². The number of nitrogens with zero attached hydrogens (tertiary/aromatic N) is 1. The van der Waals surface area contributed by atoms with Gasteiger partial charge in [0, 0.05) is 37.1 Å². The Morgan fingerprint density at radius 3 is 3.12 bits per heavy atom. The van der Waals surface area contributed by atoms with Crippen LogP contribution in [0.3, 0.4) is 0 Å². The summed E-state index contributed by atoms with van der Waals surface area (Å²) in [6, 6.07) is 9.57. The summed E-state index contributed by atoms with van der Waals surface area (Å²) in [5, 5.41) is 0.964. The zero-order valence-electron chi connectivity index (χ0n) is 14.7. The van der Waals surface area contributed by atoms with E-state index in [1.807, 2.05) is 42.2 Å². The number of fused-ring (bicyclic) bond motifs is 2. The molecule has 2 saturated heterocycles. The Bertz CT molecular complexity index is 722. The van der Waals surface area contributed by atoms with Crippen LogP contribution >= 0.6 is 0 Å². The number of carbonyl (C=O) groups is 1. The first kappa shape index (κ1) is 16.6. The van der Waals surface area contributed by atoms with Crippen molar-refractivity contribution in [1.29, 1.82) is 0 Å². The van der Waals surface area contributed by atoms with Crippen LogP contribution in [0.4, 0.5) is 0 Å². The molecular formula is C20H25NO4. The van der Waals surface area contributed by atoms with Crippen molar-refractivity contribution in [3.63, 3.8) is 0 Å². The van der Waals surface area contributed by atoms with Crippen LogP contribution in [0.25, 0.3) is 11.0 Å². The van der Waals surface area contributed by atoms with Crippen LogP contribution in [-0.4, -0.2) is 49.8 Å². The summed E-state index contributed by atoms with van der Waals surface area (Å²) in [5.41, 5.74) is 0.666. The molecule has 0 saturated carbocycles. The topological polar surface area (TPSA) is 51.9 Å². The standard InChI is InChI=1S/C20H25NO4/c1-2-23-14-20-9-5-11-24-18(20)8-10-21(13-20)19(22)17-12-15-6-3-4-7-16(15)25-17/h3-4,6-7,12,18H,2,5,8-11,13-14H2,1H3/t18-,20-/m1/s1. The van der Waals surface area contributed by atoms with Gasteiger partial charge in [-0.2, -0.15) is 0 Å². The Kier molecular flexibility index (Phi) is 4.52. The third-order valence-corrected chi connectivity index (χ3v) is 5.51. The minimum absolute atomic E-state index is 0.0314. The van der Waals surface area contributed by atoms with E-state index in [9.17, 15) is 4.79 Å². The molecule has 5 heteroatoms. The number of furan rings is 1. The van der Waals surface area contributed by atoms with E-state index in [0.29, 0.717) is 32.1 Å². The number of likely N-dealkylation sites (tertiary alicyclic amines) is 1. The smallest absolute Gasteiger partial charge is 0.289 e. The first-order chi connectivity index (χ1) is 12.2. The van der Waals surface area contributed by atoms with Crippen LogP contribution in [0.1, 0.15) is 36.7 Å². The van der Waals surface area contributed by atoms with Gasteiger partial charge in [0.2, 0.25) is 0 Å². The molecule has 0 N–H and O–H groups in total. The van der Waals surface area contributed by atoms with E-state index >= 15 is 0 Å². The molecule has 0 aliphatic carbocycles. The average Bonchev–Trinajstić information content (AvgIpc) is 3.09. The number of hydrogen-bond donors (Lipinski definition) is 0.